The average molecular weight is 394 g/mol. The minimum atomic E-state index is -0.272. The number of nitrogens with zero attached hydrogens (tertiary/aromatic N) is 3. The van der Waals surface area contributed by atoms with E-state index >= 15 is 0 Å². The highest BCUT2D eigenvalue weighted by Crippen LogP contribution is 2.39. The van der Waals surface area contributed by atoms with Crippen molar-refractivity contribution in [2.45, 2.75) is 46.3 Å². The van der Waals surface area contributed by atoms with Crippen LogP contribution >= 0.6 is 0 Å². The van der Waals surface area contributed by atoms with Gasteiger partial charge in [0.15, 0.2) is 0 Å². The van der Waals surface area contributed by atoms with Gasteiger partial charge in [-0.25, -0.2) is 14.4 Å². The molecule has 152 valence electrons. The van der Waals surface area contributed by atoms with Gasteiger partial charge in [0, 0.05) is 29.4 Å². The molecule has 6 heteroatoms. The summed E-state index contributed by atoms with van der Waals surface area (Å²) < 4.78 is 13.2. The maximum absolute atomic E-state index is 13.2. The van der Waals surface area contributed by atoms with Crippen LogP contribution in [-0.4, -0.2) is 34.4 Å². The second-order valence-corrected chi connectivity index (χ2v) is 8.42. The number of fused-ring (bicyclic) bond motifs is 1. The lowest BCUT2D eigenvalue weighted by atomic mass is 9.81. The molecule has 0 saturated carbocycles. The Morgan fingerprint density at radius 3 is 2.62 bits per heavy atom. The van der Waals surface area contributed by atoms with Crippen LogP contribution in [0.3, 0.4) is 0 Å². The van der Waals surface area contributed by atoms with E-state index in [2.05, 4.69) is 36.0 Å². The zero-order chi connectivity index (χ0) is 20.8. The molecular weight excluding hydrogens is 367 g/mol. The molecule has 5 nitrogen and oxygen atoms in total. The number of benzene rings is 2. The number of rotatable bonds is 2. The van der Waals surface area contributed by atoms with Crippen LogP contribution in [0.15, 0.2) is 52.4 Å². The van der Waals surface area contributed by atoms with Gasteiger partial charge in [-0.15, -0.1) is 0 Å². The van der Waals surface area contributed by atoms with Crippen molar-refractivity contribution >= 4 is 17.4 Å². The summed E-state index contributed by atoms with van der Waals surface area (Å²) >= 11 is 0. The van der Waals surface area contributed by atoms with E-state index in [0.717, 1.165) is 24.4 Å². The number of hydrogen-bond donors (Lipinski definition) is 2. The largest absolute Gasteiger partial charge is 0.508 e. The molecule has 2 aliphatic heterocycles. The average Bonchev–Trinajstić information content (AvgIpc) is 2.67. The van der Waals surface area contributed by atoms with Gasteiger partial charge in [0.05, 0.1) is 0 Å². The Balaban J connectivity index is 1.65. The standard InChI is InChI=1S/C23H27FN4O/c1-14-20-10-9-19(29)13-16(20)11-12-28(14)21-23(3,4)15(2)25-22(27-21)26-18-7-5-17(24)6-8-18/h5-10,13-14,21,29H,11-12H2,1-4H3,(H,26,27). The summed E-state index contributed by atoms with van der Waals surface area (Å²) in [4.78, 5) is 12.1. The SMILES string of the molecule is CC1=NC(Nc2ccc(F)cc2)=NC(N2CCc3cc(O)ccc3C2C)C1(C)C. The molecule has 0 amide bonds. The van der Waals surface area contributed by atoms with Crippen LogP contribution in [0.2, 0.25) is 0 Å². The molecule has 4 rings (SSSR count). The Labute approximate surface area is 171 Å². The first kappa shape index (κ1) is 19.6. The van der Waals surface area contributed by atoms with Crippen LogP contribution in [0.5, 0.6) is 5.75 Å². The van der Waals surface area contributed by atoms with Gasteiger partial charge in [-0.1, -0.05) is 19.9 Å². The number of aliphatic imine (C=N–C) groups is 2. The topological polar surface area (TPSA) is 60.2 Å². The Bertz CT molecular complexity index is 981. The van der Waals surface area contributed by atoms with Gasteiger partial charge in [-0.05, 0) is 67.8 Å². The van der Waals surface area contributed by atoms with E-state index in [9.17, 15) is 9.50 Å². The van der Waals surface area contributed by atoms with E-state index in [0.29, 0.717) is 11.7 Å². The van der Waals surface area contributed by atoms with Crippen molar-refractivity contribution in [2.75, 3.05) is 11.9 Å². The molecule has 29 heavy (non-hydrogen) atoms. The fourth-order valence-corrected chi connectivity index (χ4v) is 4.18. The minimum Gasteiger partial charge on any atom is -0.508 e. The third kappa shape index (κ3) is 3.65. The molecule has 2 aromatic rings. The minimum absolute atomic E-state index is 0.0834. The van der Waals surface area contributed by atoms with Crippen molar-refractivity contribution in [3.05, 3.63) is 59.4 Å². The first-order chi connectivity index (χ1) is 13.8. The molecule has 0 aliphatic carbocycles. The van der Waals surface area contributed by atoms with Gasteiger partial charge >= 0.3 is 0 Å². The number of guanidine groups is 1. The van der Waals surface area contributed by atoms with Crippen molar-refractivity contribution in [3.8, 4) is 5.75 Å². The molecule has 0 spiro atoms. The molecular formula is C23H27FN4O. The van der Waals surface area contributed by atoms with Crippen molar-refractivity contribution < 1.29 is 9.50 Å². The fourth-order valence-electron chi connectivity index (χ4n) is 4.18. The zero-order valence-corrected chi connectivity index (χ0v) is 17.3. The van der Waals surface area contributed by atoms with Crippen LogP contribution in [0.25, 0.3) is 0 Å². The Kier molecular flexibility index (Phi) is 4.90. The van der Waals surface area contributed by atoms with Crippen LogP contribution in [0.1, 0.15) is 44.9 Å². The molecule has 0 aromatic heterocycles. The number of halogens is 1. The lowest BCUT2D eigenvalue weighted by molar-refractivity contribution is 0.0835. The lowest BCUT2D eigenvalue weighted by Gasteiger charge is -2.46. The molecule has 0 bridgehead atoms. The molecule has 2 heterocycles. The quantitative estimate of drug-likeness (QED) is 0.773. The first-order valence-corrected chi connectivity index (χ1v) is 9.99. The third-order valence-electron chi connectivity index (χ3n) is 6.22. The smallest absolute Gasteiger partial charge is 0.224 e. The highest BCUT2D eigenvalue weighted by molar-refractivity contribution is 6.06. The van der Waals surface area contributed by atoms with Crippen LogP contribution in [0, 0.1) is 11.2 Å². The summed E-state index contributed by atoms with van der Waals surface area (Å²) in [5, 5.41) is 13.0. The molecule has 2 aliphatic rings. The summed E-state index contributed by atoms with van der Waals surface area (Å²) in [6.07, 6.45) is 0.785. The van der Waals surface area contributed by atoms with E-state index in [1.165, 1.54) is 23.3 Å². The number of nitrogens with one attached hydrogen (secondary N) is 1. The van der Waals surface area contributed by atoms with Gasteiger partial charge in [0.25, 0.3) is 0 Å². The van der Waals surface area contributed by atoms with Gasteiger partial charge < -0.3 is 10.4 Å². The van der Waals surface area contributed by atoms with Crippen LogP contribution in [0.4, 0.5) is 10.1 Å². The molecule has 2 atom stereocenters. The van der Waals surface area contributed by atoms with E-state index < -0.39 is 0 Å². The molecule has 2 unspecified atom stereocenters. The second kappa shape index (κ2) is 7.26. The van der Waals surface area contributed by atoms with E-state index in [1.54, 1.807) is 18.2 Å². The fraction of sp³-hybridized carbons (Fsp3) is 0.391. The highest BCUT2D eigenvalue weighted by Gasteiger charge is 2.42. The summed E-state index contributed by atoms with van der Waals surface area (Å²) in [5.74, 6) is 0.586. The van der Waals surface area contributed by atoms with Gasteiger partial charge in [-0.3, -0.25) is 4.90 Å². The summed E-state index contributed by atoms with van der Waals surface area (Å²) in [6, 6.07) is 12.0. The number of aromatic hydroxyl groups is 1. The summed E-state index contributed by atoms with van der Waals surface area (Å²) in [6.45, 7) is 9.43. The van der Waals surface area contributed by atoms with Crippen LogP contribution in [-0.2, 0) is 6.42 Å². The highest BCUT2D eigenvalue weighted by atomic mass is 19.1. The number of anilines is 1. The van der Waals surface area contributed by atoms with Gasteiger partial charge in [0.1, 0.15) is 17.7 Å². The summed E-state index contributed by atoms with van der Waals surface area (Å²) in [5.41, 5.74) is 3.96. The molecule has 2 N–H and O–H groups in total. The molecule has 2 aromatic carbocycles. The molecule has 0 fully saturated rings. The third-order valence-corrected chi connectivity index (χ3v) is 6.22. The van der Waals surface area contributed by atoms with E-state index in [1.807, 2.05) is 19.1 Å². The lowest BCUT2D eigenvalue weighted by Crippen LogP contribution is -2.53. The zero-order valence-electron chi connectivity index (χ0n) is 17.3. The monoisotopic (exact) mass is 394 g/mol. The van der Waals surface area contributed by atoms with Crippen molar-refractivity contribution in [2.24, 2.45) is 15.4 Å². The normalized spacial score (nSPS) is 23.8. The second-order valence-electron chi connectivity index (χ2n) is 8.42. The summed E-state index contributed by atoms with van der Waals surface area (Å²) in [7, 11) is 0. The van der Waals surface area contributed by atoms with Gasteiger partial charge in [0.2, 0.25) is 5.96 Å². The number of phenolic OH excluding ortho intramolecular Hbond substituents is 1. The van der Waals surface area contributed by atoms with Gasteiger partial charge in [-0.2, -0.15) is 0 Å². The molecule has 0 saturated heterocycles. The van der Waals surface area contributed by atoms with Crippen molar-refractivity contribution in [3.63, 3.8) is 0 Å². The number of hydrogen-bond acceptors (Lipinski definition) is 5. The Hall–Kier alpha value is -2.73. The maximum Gasteiger partial charge on any atom is 0.224 e. The Morgan fingerprint density at radius 1 is 1.17 bits per heavy atom. The number of phenols is 1. The predicted octanol–water partition coefficient (Wildman–Crippen LogP) is 4.75. The Morgan fingerprint density at radius 2 is 1.90 bits per heavy atom. The van der Waals surface area contributed by atoms with E-state index in [-0.39, 0.29) is 23.4 Å². The van der Waals surface area contributed by atoms with Crippen molar-refractivity contribution in [1.82, 2.24) is 4.90 Å². The van der Waals surface area contributed by atoms with E-state index in [4.69, 9.17) is 4.99 Å². The maximum atomic E-state index is 13.2. The van der Waals surface area contributed by atoms with Crippen molar-refractivity contribution in [1.29, 1.82) is 0 Å². The predicted molar refractivity (Wildman–Crippen MR) is 115 cm³/mol. The van der Waals surface area contributed by atoms with Crippen LogP contribution < -0.4 is 5.32 Å². The molecule has 0 radical (unpaired) electrons. The first-order valence-electron chi connectivity index (χ1n) is 9.99.